The van der Waals surface area contributed by atoms with Gasteiger partial charge in [-0.05, 0) is 48.9 Å². The average molecular weight is 281 g/mol. The second-order valence-corrected chi connectivity index (χ2v) is 6.75. The van der Waals surface area contributed by atoms with Crippen molar-refractivity contribution in [3.05, 3.63) is 24.9 Å². The van der Waals surface area contributed by atoms with Gasteiger partial charge in [0.05, 0.1) is 0 Å². The molecule has 0 aromatic heterocycles. The van der Waals surface area contributed by atoms with Gasteiger partial charge in [-0.1, -0.05) is 46.2 Å². The van der Waals surface area contributed by atoms with Crippen LogP contribution in [0.15, 0.2) is 24.9 Å². The lowest BCUT2D eigenvalue weighted by molar-refractivity contribution is 0.318. The third-order valence-electron chi connectivity index (χ3n) is 4.21. The second kappa shape index (κ2) is 10.5. The summed E-state index contributed by atoms with van der Waals surface area (Å²) in [5.41, 5.74) is 1.76. The maximum absolute atomic E-state index is 3.88. The van der Waals surface area contributed by atoms with Gasteiger partial charge < -0.3 is 5.32 Å². The van der Waals surface area contributed by atoms with Crippen LogP contribution in [0, 0.1) is 17.8 Å². The van der Waals surface area contributed by atoms with E-state index >= 15 is 0 Å². The Morgan fingerprint density at radius 1 is 1.37 bits per heavy atom. The molecule has 0 radical (unpaired) electrons. The second-order valence-electron chi connectivity index (χ2n) is 5.98. The molecule has 0 bridgehead atoms. The summed E-state index contributed by atoms with van der Waals surface area (Å²) in [5.74, 6) is 2.28. The molecule has 1 N–H and O–H groups in total. The number of allylic oxidation sites excluding steroid dienone is 2. The van der Waals surface area contributed by atoms with Crippen molar-refractivity contribution >= 4 is 16.5 Å². The van der Waals surface area contributed by atoms with Gasteiger partial charge in [0.1, 0.15) is 7.28 Å². The van der Waals surface area contributed by atoms with Crippen LogP contribution in [-0.4, -0.2) is 19.4 Å². The molecule has 1 nitrogen and oxygen atoms in total. The van der Waals surface area contributed by atoms with Crippen LogP contribution in [0.5, 0.6) is 0 Å². The van der Waals surface area contributed by atoms with Gasteiger partial charge in [-0.15, -0.1) is 15.8 Å². The Balaban J connectivity index is 4.36. The van der Waals surface area contributed by atoms with Crippen molar-refractivity contribution in [1.29, 1.82) is 0 Å². The standard InChI is InChI=1S/C16H33BNP/c1-7-9-14(6)16(19)15(13(5)8-2)10-17-11-18-12(3)4/h7,13-18H,1,3,8-11,19H2,2,4-6H3. The molecule has 0 fully saturated rings. The molecule has 0 amide bonds. The van der Waals surface area contributed by atoms with Crippen molar-refractivity contribution in [2.75, 3.05) is 6.44 Å². The highest BCUT2D eigenvalue weighted by Crippen LogP contribution is 2.33. The van der Waals surface area contributed by atoms with Crippen LogP contribution in [0.3, 0.4) is 0 Å². The first-order valence-electron chi connectivity index (χ1n) is 7.69. The number of hydrogen-bond acceptors (Lipinski definition) is 1. The van der Waals surface area contributed by atoms with Crippen molar-refractivity contribution in [2.24, 2.45) is 17.8 Å². The van der Waals surface area contributed by atoms with E-state index in [-0.39, 0.29) is 0 Å². The lowest BCUT2D eigenvalue weighted by Gasteiger charge is -2.32. The van der Waals surface area contributed by atoms with Crippen molar-refractivity contribution in [2.45, 2.75) is 52.5 Å². The first-order chi connectivity index (χ1) is 8.93. The third kappa shape index (κ3) is 7.83. The molecule has 0 aliphatic rings. The Kier molecular flexibility index (Phi) is 10.4. The SMILES string of the molecule is C=CCC(C)C(P)C(CBCNC(=C)C)C(C)CC. The Labute approximate surface area is 124 Å². The topological polar surface area (TPSA) is 12.0 Å². The van der Waals surface area contributed by atoms with E-state index in [1.807, 2.05) is 6.92 Å². The summed E-state index contributed by atoms with van der Waals surface area (Å²) in [5, 5.41) is 3.33. The van der Waals surface area contributed by atoms with E-state index in [0.717, 1.165) is 30.4 Å². The number of hydrogen-bond donors (Lipinski definition) is 1. The van der Waals surface area contributed by atoms with Gasteiger partial charge in [0.15, 0.2) is 0 Å². The minimum absolute atomic E-state index is 0.692. The fraction of sp³-hybridized carbons (Fsp3) is 0.750. The van der Waals surface area contributed by atoms with Crippen LogP contribution in [0.1, 0.15) is 40.5 Å². The monoisotopic (exact) mass is 281 g/mol. The summed E-state index contributed by atoms with van der Waals surface area (Å²) >= 11 is 0. The highest BCUT2D eigenvalue weighted by molar-refractivity contribution is 7.17. The largest absolute Gasteiger partial charge is 0.397 e. The molecule has 5 atom stereocenters. The lowest BCUT2D eigenvalue weighted by atomic mass is 9.64. The van der Waals surface area contributed by atoms with Gasteiger partial charge in [0.2, 0.25) is 0 Å². The first kappa shape index (κ1) is 18.8. The minimum atomic E-state index is 0.692. The summed E-state index contributed by atoms with van der Waals surface area (Å²) in [6.45, 7) is 16.8. The number of nitrogens with one attached hydrogen (secondary N) is 1. The van der Waals surface area contributed by atoms with Gasteiger partial charge >= 0.3 is 0 Å². The summed E-state index contributed by atoms with van der Waals surface area (Å²) in [7, 11) is 4.33. The van der Waals surface area contributed by atoms with Crippen molar-refractivity contribution in [3.63, 3.8) is 0 Å². The van der Waals surface area contributed by atoms with Gasteiger partial charge in [-0.2, -0.15) is 0 Å². The van der Waals surface area contributed by atoms with Crippen LogP contribution in [0.2, 0.25) is 6.32 Å². The van der Waals surface area contributed by atoms with Crippen LogP contribution >= 0.6 is 9.24 Å². The zero-order valence-electron chi connectivity index (χ0n) is 13.4. The molecular formula is C16H33BNP. The Bertz CT molecular complexity index is 267. The van der Waals surface area contributed by atoms with Crippen molar-refractivity contribution in [3.8, 4) is 0 Å². The number of rotatable bonds is 11. The molecule has 19 heavy (non-hydrogen) atoms. The maximum Gasteiger partial charge on any atom is 0.145 e. The molecule has 5 unspecified atom stereocenters. The molecule has 0 heterocycles. The zero-order valence-corrected chi connectivity index (χ0v) is 14.6. The molecule has 0 rings (SSSR count). The highest BCUT2D eigenvalue weighted by Gasteiger charge is 2.26. The summed E-state index contributed by atoms with van der Waals surface area (Å²) in [6, 6.07) is 0. The molecular weight excluding hydrogens is 248 g/mol. The van der Waals surface area contributed by atoms with E-state index in [4.69, 9.17) is 0 Å². The Morgan fingerprint density at radius 3 is 2.47 bits per heavy atom. The maximum atomic E-state index is 3.88. The Morgan fingerprint density at radius 2 is 2.00 bits per heavy atom. The summed E-state index contributed by atoms with van der Waals surface area (Å²) in [6.07, 6.45) is 6.79. The van der Waals surface area contributed by atoms with Gasteiger partial charge in [0.25, 0.3) is 0 Å². The lowest BCUT2D eigenvalue weighted by Crippen LogP contribution is -2.30. The molecule has 0 aromatic rings. The van der Waals surface area contributed by atoms with Crippen molar-refractivity contribution < 1.29 is 0 Å². The third-order valence-corrected chi connectivity index (χ3v) is 5.36. The van der Waals surface area contributed by atoms with Crippen molar-refractivity contribution in [1.82, 2.24) is 5.32 Å². The van der Waals surface area contributed by atoms with E-state index < -0.39 is 0 Å². The van der Waals surface area contributed by atoms with Gasteiger partial charge in [-0.25, -0.2) is 0 Å². The highest BCUT2D eigenvalue weighted by atomic mass is 31.0. The molecule has 110 valence electrons. The molecule has 3 heteroatoms. The van der Waals surface area contributed by atoms with E-state index in [0.29, 0.717) is 11.6 Å². The minimum Gasteiger partial charge on any atom is -0.397 e. The predicted molar refractivity (Wildman–Crippen MR) is 95.2 cm³/mol. The van der Waals surface area contributed by atoms with E-state index in [1.54, 1.807) is 0 Å². The Hall–Kier alpha value is -0.225. The molecule has 0 saturated carbocycles. The summed E-state index contributed by atoms with van der Waals surface area (Å²) in [4.78, 5) is 0. The predicted octanol–water partition coefficient (Wildman–Crippen LogP) is 4.04. The molecule has 0 spiro atoms. The fourth-order valence-corrected chi connectivity index (χ4v) is 3.37. The normalized spacial score (nSPS) is 17.1. The molecule has 0 aliphatic heterocycles. The van der Waals surface area contributed by atoms with Crippen LogP contribution in [0.4, 0.5) is 0 Å². The van der Waals surface area contributed by atoms with Gasteiger partial charge in [0, 0.05) is 0 Å². The van der Waals surface area contributed by atoms with E-state index in [9.17, 15) is 0 Å². The van der Waals surface area contributed by atoms with Crippen LogP contribution in [-0.2, 0) is 0 Å². The first-order valence-corrected chi connectivity index (χ1v) is 8.36. The van der Waals surface area contributed by atoms with Crippen LogP contribution in [0.25, 0.3) is 0 Å². The molecule has 0 aromatic carbocycles. The smallest absolute Gasteiger partial charge is 0.145 e. The molecule has 0 aliphatic carbocycles. The van der Waals surface area contributed by atoms with Gasteiger partial charge in [-0.3, -0.25) is 0 Å². The quantitative estimate of drug-likeness (QED) is 0.261. The molecule has 0 saturated heterocycles. The fourth-order valence-electron chi connectivity index (χ4n) is 2.64. The van der Waals surface area contributed by atoms with E-state index in [2.05, 4.69) is 54.6 Å². The van der Waals surface area contributed by atoms with Crippen LogP contribution < -0.4 is 5.32 Å². The average Bonchev–Trinajstić information content (AvgIpc) is 2.37. The van der Waals surface area contributed by atoms with E-state index in [1.165, 1.54) is 20.0 Å². The summed E-state index contributed by atoms with van der Waals surface area (Å²) < 4.78 is 0. The zero-order chi connectivity index (χ0) is 14.8.